The zero-order valence-electron chi connectivity index (χ0n) is 8.33. The number of hydrogen-bond acceptors (Lipinski definition) is 2. The van der Waals surface area contributed by atoms with Gasteiger partial charge in [-0.15, -0.1) is 0 Å². The van der Waals surface area contributed by atoms with E-state index in [-0.39, 0.29) is 6.03 Å². The van der Waals surface area contributed by atoms with Crippen LogP contribution in [0.2, 0.25) is 0 Å². The van der Waals surface area contributed by atoms with Crippen LogP contribution in [0.15, 0.2) is 21.4 Å². The van der Waals surface area contributed by atoms with Crippen molar-refractivity contribution >= 4 is 22.0 Å². The molecule has 0 saturated carbocycles. The van der Waals surface area contributed by atoms with Crippen molar-refractivity contribution in [3.63, 3.8) is 0 Å². The number of rotatable bonds is 2. The molecule has 15 heavy (non-hydrogen) atoms. The van der Waals surface area contributed by atoms with Crippen molar-refractivity contribution < 1.29 is 9.21 Å². The summed E-state index contributed by atoms with van der Waals surface area (Å²) in [5.41, 5.74) is 0.967. The van der Waals surface area contributed by atoms with Crippen LogP contribution >= 0.6 is 15.9 Å². The van der Waals surface area contributed by atoms with E-state index in [0.717, 1.165) is 31.5 Å². The summed E-state index contributed by atoms with van der Waals surface area (Å²) in [7, 11) is 0. The number of carbonyl (C=O) groups is 1. The predicted octanol–water partition coefficient (Wildman–Crippen LogP) is 2.35. The first-order valence-electron chi connectivity index (χ1n) is 5.01. The molecule has 0 atom stereocenters. The Morgan fingerprint density at radius 3 is 2.87 bits per heavy atom. The van der Waals surface area contributed by atoms with Gasteiger partial charge >= 0.3 is 6.03 Å². The van der Waals surface area contributed by atoms with E-state index in [4.69, 9.17) is 4.42 Å². The molecule has 2 heterocycles. The van der Waals surface area contributed by atoms with Gasteiger partial charge in [0, 0.05) is 25.2 Å². The van der Waals surface area contributed by atoms with Crippen molar-refractivity contribution in [2.75, 3.05) is 13.1 Å². The summed E-state index contributed by atoms with van der Waals surface area (Å²) in [5.74, 6) is 0. The molecule has 0 radical (unpaired) electrons. The smallest absolute Gasteiger partial charge is 0.317 e. The van der Waals surface area contributed by atoms with Gasteiger partial charge in [-0.3, -0.25) is 0 Å². The highest BCUT2D eigenvalue weighted by atomic mass is 79.9. The van der Waals surface area contributed by atoms with E-state index in [0.29, 0.717) is 11.2 Å². The van der Waals surface area contributed by atoms with Crippen molar-refractivity contribution in [2.45, 2.75) is 19.4 Å². The Bertz CT molecular complexity index is 345. The van der Waals surface area contributed by atoms with Crippen LogP contribution in [0.3, 0.4) is 0 Å². The Kier molecular flexibility index (Phi) is 3.30. The monoisotopic (exact) mass is 272 g/mol. The summed E-state index contributed by atoms with van der Waals surface area (Å²) in [6, 6.07) is 1.87. The lowest BCUT2D eigenvalue weighted by atomic mass is 10.3. The molecule has 0 spiro atoms. The van der Waals surface area contributed by atoms with Gasteiger partial charge < -0.3 is 14.6 Å². The van der Waals surface area contributed by atoms with E-state index < -0.39 is 0 Å². The Hall–Kier alpha value is -0.970. The van der Waals surface area contributed by atoms with Crippen LogP contribution in [0.25, 0.3) is 0 Å². The first-order chi connectivity index (χ1) is 7.25. The fourth-order valence-corrected chi connectivity index (χ4v) is 2.04. The highest BCUT2D eigenvalue weighted by Crippen LogP contribution is 2.14. The highest BCUT2D eigenvalue weighted by molar-refractivity contribution is 9.10. The molecule has 1 aliphatic heterocycles. The van der Waals surface area contributed by atoms with Crippen LogP contribution in [0.5, 0.6) is 0 Å². The highest BCUT2D eigenvalue weighted by Gasteiger charge is 2.17. The number of likely N-dealkylation sites (tertiary alicyclic amines) is 1. The number of halogens is 1. The van der Waals surface area contributed by atoms with Crippen molar-refractivity contribution in [1.82, 2.24) is 10.2 Å². The van der Waals surface area contributed by atoms with Gasteiger partial charge in [-0.1, -0.05) is 0 Å². The Labute approximate surface area is 96.7 Å². The zero-order valence-corrected chi connectivity index (χ0v) is 9.92. The molecular weight excluding hydrogens is 260 g/mol. The van der Waals surface area contributed by atoms with Gasteiger partial charge in [0.2, 0.25) is 0 Å². The van der Waals surface area contributed by atoms with Crippen molar-refractivity contribution in [2.24, 2.45) is 0 Å². The van der Waals surface area contributed by atoms with Gasteiger partial charge in [-0.05, 0) is 34.8 Å². The van der Waals surface area contributed by atoms with Gasteiger partial charge in [0.25, 0.3) is 0 Å². The molecule has 0 bridgehead atoms. The normalized spacial score (nSPS) is 15.7. The zero-order chi connectivity index (χ0) is 10.7. The summed E-state index contributed by atoms with van der Waals surface area (Å²) in [4.78, 5) is 13.4. The fourth-order valence-electron chi connectivity index (χ4n) is 1.65. The van der Waals surface area contributed by atoms with E-state index in [1.165, 1.54) is 0 Å². The topological polar surface area (TPSA) is 45.5 Å². The van der Waals surface area contributed by atoms with Crippen LogP contribution in [-0.2, 0) is 6.54 Å². The van der Waals surface area contributed by atoms with Crippen molar-refractivity contribution in [1.29, 1.82) is 0 Å². The second kappa shape index (κ2) is 4.70. The second-order valence-electron chi connectivity index (χ2n) is 3.61. The number of amides is 2. The molecule has 2 amide bonds. The fraction of sp³-hybridized carbons (Fsp3) is 0.500. The maximum atomic E-state index is 11.6. The van der Waals surface area contributed by atoms with Crippen LogP contribution in [-0.4, -0.2) is 24.0 Å². The third kappa shape index (κ3) is 2.75. The molecule has 1 N–H and O–H groups in total. The Balaban J connectivity index is 1.80. The summed E-state index contributed by atoms with van der Waals surface area (Å²) in [5, 5.41) is 2.86. The average Bonchev–Trinajstić information content (AvgIpc) is 2.84. The SMILES string of the molecule is O=C(NCc1coc(Br)c1)N1CCCC1. The molecule has 0 unspecified atom stereocenters. The molecule has 1 aromatic rings. The molecule has 0 aromatic carbocycles. The summed E-state index contributed by atoms with van der Waals surface area (Å²) in [6.45, 7) is 2.27. The Morgan fingerprint density at radius 2 is 2.27 bits per heavy atom. The van der Waals surface area contributed by atoms with Crippen molar-refractivity contribution in [3.8, 4) is 0 Å². The minimum absolute atomic E-state index is 0.0184. The number of carbonyl (C=O) groups excluding carboxylic acids is 1. The molecular formula is C10H13BrN2O2. The number of nitrogens with zero attached hydrogens (tertiary/aromatic N) is 1. The lowest BCUT2D eigenvalue weighted by Gasteiger charge is -2.15. The number of furan rings is 1. The molecule has 2 rings (SSSR count). The molecule has 5 heteroatoms. The van der Waals surface area contributed by atoms with E-state index >= 15 is 0 Å². The second-order valence-corrected chi connectivity index (χ2v) is 4.39. The molecule has 1 aliphatic rings. The summed E-state index contributed by atoms with van der Waals surface area (Å²) in [6.07, 6.45) is 3.86. The standard InChI is InChI=1S/C10H13BrN2O2/c11-9-5-8(7-15-9)6-12-10(14)13-3-1-2-4-13/h5,7H,1-4,6H2,(H,12,14). The van der Waals surface area contributed by atoms with Gasteiger partial charge in [-0.2, -0.15) is 0 Å². The number of hydrogen-bond donors (Lipinski definition) is 1. The third-order valence-corrected chi connectivity index (χ3v) is 2.87. The molecule has 1 saturated heterocycles. The van der Waals surface area contributed by atoms with Gasteiger partial charge in [-0.25, -0.2) is 4.79 Å². The van der Waals surface area contributed by atoms with E-state index in [9.17, 15) is 4.79 Å². The van der Waals surface area contributed by atoms with Crippen LogP contribution in [0.1, 0.15) is 18.4 Å². The summed E-state index contributed by atoms with van der Waals surface area (Å²) >= 11 is 3.22. The van der Waals surface area contributed by atoms with E-state index in [1.54, 1.807) is 6.26 Å². The van der Waals surface area contributed by atoms with Gasteiger partial charge in [0.15, 0.2) is 4.67 Å². The largest absolute Gasteiger partial charge is 0.457 e. The maximum Gasteiger partial charge on any atom is 0.317 e. The Morgan fingerprint density at radius 1 is 1.53 bits per heavy atom. The van der Waals surface area contributed by atoms with Gasteiger partial charge in [0.1, 0.15) is 0 Å². The third-order valence-electron chi connectivity index (χ3n) is 2.46. The van der Waals surface area contributed by atoms with Gasteiger partial charge in [0.05, 0.1) is 6.26 Å². The number of urea groups is 1. The lowest BCUT2D eigenvalue weighted by Crippen LogP contribution is -2.37. The molecule has 4 nitrogen and oxygen atoms in total. The average molecular weight is 273 g/mol. The lowest BCUT2D eigenvalue weighted by molar-refractivity contribution is 0.208. The summed E-state index contributed by atoms with van der Waals surface area (Å²) < 4.78 is 5.76. The predicted molar refractivity (Wildman–Crippen MR) is 59.5 cm³/mol. The van der Waals surface area contributed by atoms with Crippen molar-refractivity contribution in [3.05, 3.63) is 22.6 Å². The van der Waals surface area contributed by atoms with E-state index in [1.807, 2.05) is 11.0 Å². The number of nitrogens with one attached hydrogen (secondary N) is 1. The minimum atomic E-state index is 0.0184. The molecule has 0 aliphatic carbocycles. The van der Waals surface area contributed by atoms with Crippen LogP contribution in [0.4, 0.5) is 4.79 Å². The van der Waals surface area contributed by atoms with Crippen LogP contribution < -0.4 is 5.32 Å². The first kappa shape index (κ1) is 10.5. The first-order valence-corrected chi connectivity index (χ1v) is 5.81. The molecule has 1 aromatic heterocycles. The maximum absolute atomic E-state index is 11.6. The molecule has 1 fully saturated rings. The quantitative estimate of drug-likeness (QED) is 0.899. The minimum Gasteiger partial charge on any atom is -0.457 e. The van der Waals surface area contributed by atoms with Crippen LogP contribution in [0, 0.1) is 0 Å². The molecule has 82 valence electrons. The van der Waals surface area contributed by atoms with E-state index in [2.05, 4.69) is 21.2 Å².